The smallest absolute Gasteiger partial charge is 0.00519 e. The van der Waals surface area contributed by atoms with Crippen LogP contribution in [0.4, 0.5) is 0 Å². The van der Waals surface area contributed by atoms with E-state index in [9.17, 15) is 0 Å². The molecular weight excluding hydrogens is 340 g/mol. The van der Waals surface area contributed by atoms with Crippen LogP contribution in [0.2, 0.25) is 0 Å². The van der Waals surface area contributed by atoms with Crippen molar-refractivity contribution >= 4 is 0 Å². The minimum absolute atomic E-state index is 1.19. The lowest BCUT2D eigenvalue weighted by atomic mass is 10.1. The van der Waals surface area contributed by atoms with E-state index in [1.165, 1.54) is 142 Å². The molecule has 0 saturated carbocycles. The van der Waals surface area contributed by atoms with E-state index in [4.69, 9.17) is 0 Å². The van der Waals surface area contributed by atoms with Crippen molar-refractivity contribution in [3.8, 4) is 0 Å². The van der Waals surface area contributed by atoms with Gasteiger partial charge in [-0.3, -0.25) is 0 Å². The Balaban J connectivity index is 0. The van der Waals surface area contributed by atoms with E-state index in [0.29, 0.717) is 0 Å². The maximum absolute atomic E-state index is 3.19. The molecule has 2 nitrogen and oxygen atoms in total. The monoisotopic (exact) mass is 398 g/mol. The second kappa shape index (κ2) is 31.6. The van der Waals surface area contributed by atoms with Gasteiger partial charge in [0.25, 0.3) is 0 Å². The van der Waals surface area contributed by atoms with E-state index < -0.39 is 0 Å². The maximum Gasteiger partial charge on any atom is -0.00519 e. The van der Waals surface area contributed by atoms with Crippen LogP contribution >= 0.6 is 0 Å². The highest BCUT2D eigenvalue weighted by atomic mass is 14.8. The fourth-order valence-corrected chi connectivity index (χ4v) is 3.58. The molecule has 0 rings (SSSR count). The topological polar surface area (TPSA) is 24.1 Å². The average molecular weight is 399 g/mol. The molecule has 0 saturated heterocycles. The molecule has 0 radical (unpaired) electrons. The van der Waals surface area contributed by atoms with E-state index in [1.807, 2.05) is 14.1 Å². The Morgan fingerprint density at radius 1 is 0.321 bits per heavy atom. The van der Waals surface area contributed by atoms with Crippen LogP contribution in [-0.2, 0) is 0 Å². The van der Waals surface area contributed by atoms with Crippen molar-refractivity contribution in [2.45, 2.75) is 142 Å². The van der Waals surface area contributed by atoms with Gasteiger partial charge in [-0.15, -0.1) is 0 Å². The Morgan fingerprint density at radius 3 is 0.750 bits per heavy atom. The highest BCUT2D eigenvalue weighted by molar-refractivity contribution is 4.49. The van der Waals surface area contributed by atoms with E-state index in [-0.39, 0.29) is 0 Å². The Labute approximate surface area is 180 Å². The molecule has 2 N–H and O–H groups in total. The van der Waals surface area contributed by atoms with Crippen LogP contribution in [-0.4, -0.2) is 27.2 Å². The van der Waals surface area contributed by atoms with Crippen LogP contribution in [0.3, 0.4) is 0 Å². The minimum Gasteiger partial charge on any atom is -0.320 e. The van der Waals surface area contributed by atoms with Gasteiger partial charge in [0.05, 0.1) is 0 Å². The van der Waals surface area contributed by atoms with Crippen molar-refractivity contribution in [2.75, 3.05) is 27.2 Å². The summed E-state index contributed by atoms with van der Waals surface area (Å²) in [4.78, 5) is 0. The van der Waals surface area contributed by atoms with Gasteiger partial charge in [-0.25, -0.2) is 0 Å². The molecule has 0 bridgehead atoms. The highest BCUT2D eigenvalue weighted by Gasteiger charge is 1.92. The number of rotatable bonds is 22. The third kappa shape index (κ3) is 33.5. The zero-order valence-corrected chi connectivity index (χ0v) is 20.6. The van der Waals surface area contributed by atoms with Gasteiger partial charge in [0, 0.05) is 0 Å². The highest BCUT2D eigenvalue weighted by Crippen LogP contribution is 2.11. The second-order valence-corrected chi connectivity index (χ2v) is 8.57. The van der Waals surface area contributed by atoms with Crippen LogP contribution in [0.15, 0.2) is 0 Å². The summed E-state index contributed by atoms with van der Waals surface area (Å²) in [5.74, 6) is 0. The molecule has 2 heteroatoms. The summed E-state index contributed by atoms with van der Waals surface area (Å²) in [5.41, 5.74) is 0. The van der Waals surface area contributed by atoms with E-state index in [2.05, 4.69) is 24.5 Å². The van der Waals surface area contributed by atoms with Crippen LogP contribution in [0.25, 0.3) is 0 Å². The largest absolute Gasteiger partial charge is 0.320 e. The van der Waals surface area contributed by atoms with Gasteiger partial charge in [-0.05, 0) is 40.0 Å². The van der Waals surface area contributed by atoms with Crippen molar-refractivity contribution in [3.63, 3.8) is 0 Å². The summed E-state index contributed by atoms with van der Waals surface area (Å²) in [6.45, 7) is 6.94. The number of hydrogen-bond donors (Lipinski definition) is 2. The predicted octanol–water partition coefficient (Wildman–Crippen LogP) is 8.25. The fraction of sp³-hybridized carbons (Fsp3) is 1.00. The van der Waals surface area contributed by atoms with Gasteiger partial charge in [0.1, 0.15) is 0 Å². The van der Waals surface area contributed by atoms with E-state index in [1.54, 1.807) is 0 Å². The van der Waals surface area contributed by atoms with Gasteiger partial charge in [0.2, 0.25) is 0 Å². The molecule has 0 heterocycles. The first kappa shape index (κ1) is 30.1. The second-order valence-electron chi connectivity index (χ2n) is 8.57. The first-order valence-corrected chi connectivity index (χ1v) is 13.1. The van der Waals surface area contributed by atoms with Gasteiger partial charge < -0.3 is 10.6 Å². The van der Waals surface area contributed by atoms with Crippen molar-refractivity contribution in [1.82, 2.24) is 10.6 Å². The van der Waals surface area contributed by atoms with Crippen molar-refractivity contribution in [2.24, 2.45) is 0 Å². The molecule has 0 aromatic carbocycles. The Kier molecular flexibility index (Phi) is 34.0. The number of unbranched alkanes of at least 4 members (excludes halogenated alkanes) is 18. The molecule has 0 aliphatic heterocycles. The molecule has 0 amide bonds. The lowest BCUT2D eigenvalue weighted by molar-refractivity contribution is 0.551. The third-order valence-electron chi connectivity index (χ3n) is 5.56. The van der Waals surface area contributed by atoms with E-state index in [0.717, 1.165) is 0 Å². The van der Waals surface area contributed by atoms with Gasteiger partial charge in [0.15, 0.2) is 0 Å². The first-order valence-electron chi connectivity index (χ1n) is 13.1. The SMILES string of the molecule is CCCCCCCCCCCCNC.CCCCCCCCCCCCNC. The molecule has 0 spiro atoms. The molecule has 0 unspecified atom stereocenters. The summed E-state index contributed by atoms with van der Waals surface area (Å²) >= 11 is 0. The predicted molar refractivity (Wildman–Crippen MR) is 132 cm³/mol. The number of nitrogens with one attached hydrogen (secondary N) is 2. The van der Waals surface area contributed by atoms with Gasteiger partial charge in [-0.2, -0.15) is 0 Å². The zero-order valence-electron chi connectivity index (χ0n) is 20.6. The van der Waals surface area contributed by atoms with E-state index >= 15 is 0 Å². The molecule has 0 aromatic rings. The lowest BCUT2D eigenvalue weighted by Crippen LogP contribution is -2.06. The maximum atomic E-state index is 3.19. The molecule has 172 valence electrons. The van der Waals surface area contributed by atoms with Crippen LogP contribution in [0.1, 0.15) is 142 Å². The summed E-state index contributed by atoms with van der Waals surface area (Å²) in [6.07, 6.45) is 28.6. The standard InChI is InChI=1S/2C13H29N/c2*1-3-4-5-6-7-8-9-10-11-12-13-14-2/h2*14H,3-13H2,1-2H3. The number of hydrogen-bond acceptors (Lipinski definition) is 2. The summed E-state index contributed by atoms with van der Waals surface area (Å²) in [5, 5.41) is 6.39. The van der Waals surface area contributed by atoms with Crippen molar-refractivity contribution in [1.29, 1.82) is 0 Å². The minimum atomic E-state index is 1.19. The molecule has 0 aliphatic carbocycles. The summed E-state index contributed by atoms with van der Waals surface area (Å²) in [7, 11) is 4.07. The molecule has 0 fully saturated rings. The van der Waals surface area contributed by atoms with Crippen molar-refractivity contribution in [3.05, 3.63) is 0 Å². The third-order valence-corrected chi connectivity index (χ3v) is 5.56. The average Bonchev–Trinajstić information content (AvgIpc) is 2.71. The Morgan fingerprint density at radius 2 is 0.536 bits per heavy atom. The Hall–Kier alpha value is -0.0800. The molecular formula is C26H58N2. The molecule has 0 atom stereocenters. The molecule has 0 aliphatic rings. The lowest BCUT2D eigenvalue weighted by Gasteiger charge is -2.01. The zero-order chi connectivity index (χ0) is 21.0. The van der Waals surface area contributed by atoms with Crippen LogP contribution in [0, 0.1) is 0 Å². The fourth-order valence-electron chi connectivity index (χ4n) is 3.58. The van der Waals surface area contributed by atoms with Crippen LogP contribution < -0.4 is 10.6 Å². The van der Waals surface area contributed by atoms with Gasteiger partial charge in [-0.1, -0.05) is 129 Å². The van der Waals surface area contributed by atoms with Crippen molar-refractivity contribution < 1.29 is 0 Å². The van der Waals surface area contributed by atoms with Crippen LogP contribution in [0.5, 0.6) is 0 Å². The Bertz CT molecular complexity index is 182. The summed E-state index contributed by atoms with van der Waals surface area (Å²) in [6, 6.07) is 0. The molecule has 28 heavy (non-hydrogen) atoms. The first-order chi connectivity index (χ1) is 13.8. The van der Waals surface area contributed by atoms with Gasteiger partial charge >= 0.3 is 0 Å². The summed E-state index contributed by atoms with van der Waals surface area (Å²) < 4.78 is 0. The normalized spacial score (nSPS) is 10.7. The molecule has 0 aromatic heterocycles. The quantitative estimate of drug-likeness (QED) is 0.179.